The molecule has 1 heterocycles. The van der Waals surface area contributed by atoms with Gasteiger partial charge in [0.2, 0.25) is 0 Å². The Balaban J connectivity index is 2.76. The highest BCUT2D eigenvalue weighted by Gasteiger charge is 1.80. The summed E-state index contributed by atoms with van der Waals surface area (Å²) in [5.74, 6) is 0. The lowest BCUT2D eigenvalue weighted by Crippen LogP contribution is -1.74. The lowest BCUT2D eigenvalue weighted by Gasteiger charge is -1.85. The molecule has 0 radical (unpaired) electrons. The van der Waals surface area contributed by atoms with Crippen molar-refractivity contribution >= 4 is 6.08 Å². The predicted octanol–water partition coefficient (Wildman–Crippen LogP) is 2.08. The Kier molecular flexibility index (Phi) is 2.31. The Morgan fingerprint density at radius 1 is 1.50 bits per heavy atom. The van der Waals surface area contributed by atoms with Crippen molar-refractivity contribution in [2.24, 2.45) is 5.11 Å². The van der Waals surface area contributed by atoms with Gasteiger partial charge in [-0.05, 0) is 18.2 Å². The van der Waals surface area contributed by atoms with E-state index in [4.69, 9.17) is 5.53 Å². The molecule has 0 unspecified atom stereocenters. The number of pyridine rings is 1. The molecule has 0 spiro atoms. The van der Waals surface area contributed by atoms with Gasteiger partial charge in [-0.3, -0.25) is 4.98 Å². The lowest BCUT2D eigenvalue weighted by atomic mass is 10.3. The van der Waals surface area contributed by atoms with Crippen molar-refractivity contribution < 1.29 is 0 Å². The van der Waals surface area contributed by atoms with Crippen LogP contribution in [0.1, 0.15) is 5.69 Å². The van der Waals surface area contributed by atoms with Crippen molar-refractivity contribution in [2.45, 2.75) is 0 Å². The molecule has 0 aliphatic carbocycles. The summed E-state index contributed by atoms with van der Waals surface area (Å²) in [4.78, 5) is 3.99. The van der Waals surface area contributed by atoms with Gasteiger partial charge in [0.05, 0.1) is 11.9 Å². The van der Waals surface area contributed by atoms with Crippen molar-refractivity contribution in [2.75, 3.05) is 0 Å². The molecule has 0 aromatic carbocycles. The van der Waals surface area contributed by atoms with E-state index in [9.17, 15) is 0 Å². The molecule has 1 rings (SSSR count). The van der Waals surface area contributed by atoms with E-state index in [0.717, 1.165) is 5.69 Å². The van der Waals surface area contributed by atoms with E-state index in [1.807, 2.05) is 18.2 Å². The fourth-order valence-corrected chi connectivity index (χ4v) is 0.588. The van der Waals surface area contributed by atoms with Gasteiger partial charge in [-0.1, -0.05) is 6.07 Å². The zero-order valence-electron chi connectivity index (χ0n) is 5.36. The van der Waals surface area contributed by atoms with Crippen LogP contribution in [0.3, 0.4) is 0 Å². The van der Waals surface area contributed by atoms with Gasteiger partial charge in [0.1, 0.15) is 0 Å². The van der Waals surface area contributed by atoms with E-state index in [-0.39, 0.29) is 0 Å². The van der Waals surface area contributed by atoms with Gasteiger partial charge in [0.15, 0.2) is 0 Å². The van der Waals surface area contributed by atoms with Crippen molar-refractivity contribution in [3.8, 4) is 0 Å². The van der Waals surface area contributed by atoms with Crippen molar-refractivity contribution in [1.29, 1.82) is 5.53 Å². The number of hydrogen-bond acceptors (Lipinski definition) is 3. The van der Waals surface area contributed by atoms with Gasteiger partial charge in [-0.15, -0.1) is 0 Å². The molecule has 3 nitrogen and oxygen atoms in total. The number of hydrogen-bond donors (Lipinski definition) is 1. The molecule has 0 bridgehead atoms. The first kappa shape index (κ1) is 6.61. The Bertz CT molecular complexity index is 228. The first-order chi connectivity index (χ1) is 4.93. The van der Waals surface area contributed by atoms with Crippen LogP contribution in [0.2, 0.25) is 0 Å². The van der Waals surface area contributed by atoms with Crippen molar-refractivity contribution in [1.82, 2.24) is 4.98 Å². The molecular formula is C7H7N3. The van der Waals surface area contributed by atoms with E-state index in [1.54, 1.807) is 12.3 Å². The number of aromatic nitrogens is 1. The summed E-state index contributed by atoms with van der Waals surface area (Å²) in [6.45, 7) is 0. The third-order valence-electron chi connectivity index (χ3n) is 1.01. The van der Waals surface area contributed by atoms with E-state index >= 15 is 0 Å². The van der Waals surface area contributed by atoms with Crippen molar-refractivity contribution in [3.63, 3.8) is 0 Å². The second kappa shape index (κ2) is 3.50. The molecule has 10 heavy (non-hydrogen) atoms. The molecule has 50 valence electrons. The summed E-state index contributed by atoms with van der Waals surface area (Å²) in [5, 5.41) is 3.06. The smallest absolute Gasteiger partial charge is 0.0645 e. The van der Waals surface area contributed by atoms with Crippen LogP contribution >= 0.6 is 0 Å². The van der Waals surface area contributed by atoms with Crippen molar-refractivity contribution in [3.05, 3.63) is 36.3 Å². The monoisotopic (exact) mass is 133 g/mol. The summed E-state index contributed by atoms with van der Waals surface area (Å²) in [6, 6.07) is 5.58. The Hall–Kier alpha value is -1.51. The molecule has 1 N–H and O–H groups in total. The van der Waals surface area contributed by atoms with E-state index in [0.29, 0.717) is 0 Å². The highest BCUT2D eigenvalue weighted by molar-refractivity contribution is 5.42. The Morgan fingerprint density at radius 3 is 3.00 bits per heavy atom. The fourth-order valence-electron chi connectivity index (χ4n) is 0.588. The van der Waals surface area contributed by atoms with Crippen LogP contribution in [0, 0.1) is 5.53 Å². The normalized spacial score (nSPS) is 10.0. The standard InChI is InChI=1S/C7H7N3/c8-10-6-4-7-3-1-2-5-9-7/h1-6,8H. The molecule has 0 fully saturated rings. The second-order valence-electron chi connectivity index (χ2n) is 1.70. The number of rotatable bonds is 2. The molecule has 0 aliphatic heterocycles. The van der Waals surface area contributed by atoms with Gasteiger partial charge in [-0.2, -0.15) is 5.11 Å². The minimum absolute atomic E-state index is 0.818. The number of nitrogens with one attached hydrogen (secondary N) is 1. The van der Waals surface area contributed by atoms with Gasteiger partial charge in [-0.25, -0.2) is 5.53 Å². The van der Waals surface area contributed by atoms with Crippen LogP contribution in [-0.4, -0.2) is 4.98 Å². The summed E-state index contributed by atoms with van der Waals surface area (Å²) in [7, 11) is 0. The summed E-state index contributed by atoms with van der Waals surface area (Å²) >= 11 is 0. The summed E-state index contributed by atoms with van der Waals surface area (Å²) in [6.07, 6.45) is 4.76. The summed E-state index contributed by atoms with van der Waals surface area (Å²) in [5.41, 5.74) is 7.28. The van der Waals surface area contributed by atoms with Crippen LogP contribution in [0.5, 0.6) is 0 Å². The van der Waals surface area contributed by atoms with Crippen LogP contribution in [0.25, 0.3) is 6.08 Å². The Labute approximate surface area is 58.9 Å². The summed E-state index contributed by atoms with van der Waals surface area (Å²) < 4.78 is 0. The van der Waals surface area contributed by atoms with E-state index in [2.05, 4.69) is 10.1 Å². The van der Waals surface area contributed by atoms with Gasteiger partial charge < -0.3 is 0 Å². The quantitative estimate of drug-likeness (QED) is 0.617. The molecule has 0 saturated heterocycles. The lowest BCUT2D eigenvalue weighted by molar-refractivity contribution is 1.14. The maximum atomic E-state index is 6.46. The molecule has 1 aromatic heterocycles. The molecule has 0 atom stereocenters. The first-order valence-electron chi connectivity index (χ1n) is 2.87. The SMILES string of the molecule is N=NC=Cc1ccccn1. The fraction of sp³-hybridized carbons (Fsp3) is 0. The highest BCUT2D eigenvalue weighted by atomic mass is 14.9. The molecular weight excluding hydrogens is 126 g/mol. The minimum Gasteiger partial charge on any atom is -0.257 e. The number of nitrogens with zero attached hydrogens (tertiary/aromatic N) is 2. The third-order valence-corrected chi connectivity index (χ3v) is 1.01. The predicted molar refractivity (Wildman–Crippen MR) is 38.4 cm³/mol. The van der Waals surface area contributed by atoms with Crippen LogP contribution < -0.4 is 0 Å². The zero-order valence-corrected chi connectivity index (χ0v) is 5.36. The average Bonchev–Trinajstić information content (AvgIpc) is 2.03. The first-order valence-corrected chi connectivity index (χ1v) is 2.87. The third kappa shape index (κ3) is 1.78. The largest absolute Gasteiger partial charge is 0.257 e. The van der Waals surface area contributed by atoms with Gasteiger partial charge >= 0.3 is 0 Å². The maximum Gasteiger partial charge on any atom is 0.0645 e. The molecule has 0 aliphatic rings. The molecule has 3 heteroatoms. The van der Waals surface area contributed by atoms with Gasteiger partial charge in [0.25, 0.3) is 0 Å². The average molecular weight is 133 g/mol. The second-order valence-corrected chi connectivity index (χ2v) is 1.70. The Morgan fingerprint density at radius 2 is 2.40 bits per heavy atom. The molecule has 0 amide bonds. The van der Waals surface area contributed by atoms with Crippen LogP contribution in [-0.2, 0) is 0 Å². The van der Waals surface area contributed by atoms with Gasteiger partial charge in [0, 0.05) is 6.20 Å². The molecule has 1 aromatic rings. The topological polar surface area (TPSA) is 49.1 Å². The maximum absolute atomic E-state index is 6.46. The highest BCUT2D eigenvalue weighted by Crippen LogP contribution is 1.95. The minimum atomic E-state index is 0.818. The van der Waals surface area contributed by atoms with Crippen LogP contribution in [0.15, 0.2) is 35.7 Å². The van der Waals surface area contributed by atoms with Crippen LogP contribution in [0.4, 0.5) is 0 Å². The van der Waals surface area contributed by atoms with E-state index < -0.39 is 0 Å². The molecule has 0 saturated carbocycles. The van der Waals surface area contributed by atoms with E-state index in [1.165, 1.54) is 6.20 Å². The zero-order chi connectivity index (χ0) is 7.23.